The number of amides is 1. The molecule has 4 heteroatoms. The van der Waals surface area contributed by atoms with Gasteiger partial charge in [-0.2, -0.15) is 0 Å². The number of anilines is 1. The maximum Gasteiger partial charge on any atom is 0.223 e. The normalized spacial score (nSPS) is 16.7. The van der Waals surface area contributed by atoms with Crippen LogP contribution in [0.3, 0.4) is 0 Å². The fourth-order valence-electron chi connectivity index (χ4n) is 3.41. The van der Waals surface area contributed by atoms with E-state index in [4.69, 9.17) is 1.37 Å². The van der Waals surface area contributed by atoms with Crippen LogP contribution in [-0.4, -0.2) is 20.0 Å². The molecular weight excluding hydrogens is 327 g/mol. The standard InChI is InChI=1S/C22H27FN2O/c1-25(2)20-12-10-16(11-13-20)18-8-9-19(21(23)14-18)15-24-22(26)17-6-4-3-5-7-17/h8-14,17H,3-7,15H2,1-2H3,(H,24,26)/i15D. The van der Waals surface area contributed by atoms with Crippen LogP contribution in [0.2, 0.25) is 0 Å². The van der Waals surface area contributed by atoms with E-state index in [-0.39, 0.29) is 17.4 Å². The minimum Gasteiger partial charge on any atom is -0.378 e. The van der Waals surface area contributed by atoms with Crippen LogP contribution < -0.4 is 10.2 Å². The molecule has 1 amide bonds. The van der Waals surface area contributed by atoms with Gasteiger partial charge in [0.15, 0.2) is 0 Å². The van der Waals surface area contributed by atoms with Crippen molar-refractivity contribution in [3.8, 4) is 11.1 Å². The van der Waals surface area contributed by atoms with Crippen LogP contribution in [0.15, 0.2) is 42.5 Å². The van der Waals surface area contributed by atoms with Crippen molar-refractivity contribution < 1.29 is 10.6 Å². The lowest BCUT2D eigenvalue weighted by molar-refractivity contribution is -0.126. The molecule has 1 N–H and O–H groups in total. The molecule has 1 unspecified atom stereocenters. The molecule has 3 nitrogen and oxygen atoms in total. The highest BCUT2D eigenvalue weighted by Gasteiger charge is 2.20. The molecule has 0 aliphatic heterocycles. The molecule has 0 bridgehead atoms. The number of carbonyl (C=O) groups is 1. The number of nitrogens with zero attached hydrogens (tertiary/aromatic N) is 1. The zero-order valence-corrected chi connectivity index (χ0v) is 15.5. The first kappa shape index (κ1) is 17.1. The van der Waals surface area contributed by atoms with Crippen molar-refractivity contribution >= 4 is 11.6 Å². The second kappa shape index (κ2) is 8.35. The van der Waals surface area contributed by atoms with Crippen LogP contribution in [0, 0.1) is 11.7 Å². The summed E-state index contributed by atoms with van der Waals surface area (Å²) in [6, 6.07) is 12.7. The number of carbonyl (C=O) groups excluding carboxylic acids is 1. The molecule has 26 heavy (non-hydrogen) atoms. The summed E-state index contributed by atoms with van der Waals surface area (Å²) >= 11 is 0. The van der Waals surface area contributed by atoms with E-state index in [0.29, 0.717) is 0 Å². The van der Waals surface area contributed by atoms with Crippen molar-refractivity contribution in [3.63, 3.8) is 0 Å². The highest BCUT2D eigenvalue weighted by atomic mass is 19.1. The number of hydrogen-bond acceptors (Lipinski definition) is 2. The lowest BCUT2D eigenvalue weighted by atomic mass is 9.88. The molecule has 1 fully saturated rings. The van der Waals surface area contributed by atoms with Gasteiger partial charge < -0.3 is 10.2 Å². The largest absolute Gasteiger partial charge is 0.378 e. The third kappa shape index (κ3) is 4.43. The topological polar surface area (TPSA) is 32.3 Å². The maximum atomic E-state index is 14.6. The molecule has 1 saturated carbocycles. The fraction of sp³-hybridized carbons (Fsp3) is 0.409. The van der Waals surface area contributed by atoms with Gasteiger partial charge in [-0.1, -0.05) is 43.5 Å². The number of halogens is 1. The summed E-state index contributed by atoms with van der Waals surface area (Å²) in [6.45, 7) is -1.08. The van der Waals surface area contributed by atoms with E-state index >= 15 is 0 Å². The van der Waals surface area contributed by atoms with Crippen molar-refractivity contribution in [2.45, 2.75) is 38.6 Å². The second-order valence-electron chi connectivity index (χ2n) is 7.17. The Kier molecular flexibility index (Phi) is 5.48. The van der Waals surface area contributed by atoms with Gasteiger partial charge in [0.05, 0.1) is 1.37 Å². The Morgan fingerprint density at radius 3 is 2.38 bits per heavy atom. The Balaban J connectivity index is 1.71. The van der Waals surface area contributed by atoms with Gasteiger partial charge in [-0.25, -0.2) is 4.39 Å². The van der Waals surface area contributed by atoms with Crippen LogP contribution in [0.4, 0.5) is 10.1 Å². The van der Waals surface area contributed by atoms with Crippen molar-refractivity contribution in [3.05, 3.63) is 53.8 Å². The number of benzene rings is 2. The highest BCUT2D eigenvalue weighted by molar-refractivity contribution is 5.78. The first-order chi connectivity index (χ1) is 13.0. The van der Waals surface area contributed by atoms with Gasteiger partial charge in [0, 0.05) is 37.8 Å². The molecule has 138 valence electrons. The number of hydrogen-bond donors (Lipinski definition) is 1. The van der Waals surface area contributed by atoms with E-state index in [9.17, 15) is 9.18 Å². The minimum absolute atomic E-state index is 0.0378. The van der Waals surface area contributed by atoms with Gasteiger partial charge in [-0.3, -0.25) is 4.79 Å². The predicted molar refractivity (Wildman–Crippen MR) is 105 cm³/mol. The third-order valence-electron chi connectivity index (χ3n) is 5.06. The summed E-state index contributed by atoms with van der Waals surface area (Å²) in [5.74, 6) is -0.630. The lowest BCUT2D eigenvalue weighted by Gasteiger charge is -2.20. The molecule has 1 aliphatic carbocycles. The van der Waals surface area contributed by atoms with Gasteiger partial charge >= 0.3 is 0 Å². The summed E-state index contributed by atoms with van der Waals surface area (Å²) in [5, 5.41) is 2.67. The van der Waals surface area contributed by atoms with Gasteiger partial charge in [-0.15, -0.1) is 0 Å². The Hall–Kier alpha value is -2.36. The molecular formula is C22H27FN2O. The van der Waals surface area contributed by atoms with Crippen molar-refractivity contribution in [2.75, 3.05) is 19.0 Å². The molecule has 0 radical (unpaired) electrons. The predicted octanol–water partition coefficient (Wildman–Crippen LogP) is 4.76. The maximum absolute atomic E-state index is 14.6. The van der Waals surface area contributed by atoms with Crippen molar-refractivity contribution in [2.24, 2.45) is 5.92 Å². The second-order valence-corrected chi connectivity index (χ2v) is 7.17. The Labute approximate surface area is 156 Å². The summed E-state index contributed by atoms with van der Waals surface area (Å²) in [4.78, 5) is 14.3. The molecule has 2 aromatic rings. The van der Waals surface area contributed by atoms with Gasteiger partial charge in [0.1, 0.15) is 5.82 Å². The fourth-order valence-corrected chi connectivity index (χ4v) is 3.41. The lowest BCUT2D eigenvalue weighted by Crippen LogP contribution is -2.31. The minimum atomic E-state index is -1.08. The monoisotopic (exact) mass is 355 g/mol. The molecule has 0 aromatic heterocycles. The third-order valence-corrected chi connectivity index (χ3v) is 5.06. The molecule has 0 spiro atoms. The first-order valence-corrected chi connectivity index (χ1v) is 9.25. The summed E-state index contributed by atoms with van der Waals surface area (Å²) in [5.41, 5.74) is 2.95. The average Bonchev–Trinajstić information content (AvgIpc) is 2.68. The van der Waals surface area contributed by atoms with E-state index < -0.39 is 12.3 Å². The zero-order chi connectivity index (χ0) is 19.4. The highest BCUT2D eigenvalue weighted by Crippen LogP contribution is 2.25. The van der Waals surface area contributed by atoms with Crippen LogP contribution in [0.5, 0.6) is 0 Å². The van der Waals surface area contributed by atoms with E-state index in [2.05, 4.69) is 5.32 Å². The summed E-state index contributed by atoms with van der Waals surface area (Å²) in [7, 11) is 3.94. The molecule has 1 atom stereocenters. The zero-order valence-electron chi connectivity index (χ0n) is 16.5. The first-order valence-electron chi connectivity index (χ1n) is 9.83. The average molecular weight is 355 g/mol. The number of nitrogens with one attached hydrogen (secondary N) is 1. The number of rotatable bonds is 5. The van der Waals surface area contributed by atoms with Gasteiger partial charge in [0.2, 0.25) is 5.91 Å². The SMILES string of the molecule is [2H]C(NC(=O)C1CCCCC1)c1ccc(-c2ccc(N(C)C)cc2)cc1F. The Bertz CT molecular complexity index is 785. The molecule has 2 aromatic carbocycles. The van der Waals surface area contributed by atoms with Crippen LogP contribution in [0.1, 0.15) is 39.0 Å². The van der Waals surface area contributed by atoms with E-state index in [1.807, 2.05) is 43.3 Å². The summed E-state index contributed by atoms with van der Waals surface area (Å²) in [6.07, 6.45) is 5.00. The molecule has 0 saturated heterocycles. The molecule has 1 aliphatic rings. The summed E-state index contributed by atoms with van der Waals surface area (Å²) < 4.78 is 22.8. The smallest absolute Gasteiger partial charge is 0.223 e. The van der Waals surface area contributed by atoms with Crippen molar-refractivity contribution in [1.82, 2.24) is 5.32 Å². The van der Waals surface area contributed by atoms with Crippen LogP contribution in [0.25, 0.3) is 11.1 Å². The molecule has 0 heterocycles. The van der Waals surface area contributed by atoms with E-state index in [1.165, 1.54) is 12.5 Å². The van der Waals surface area contributed by atoms with Crippen molar-refractivity contribution in [1.29, 1.82) is 0 Å². The van der Waals surface area contributed by atoms with Gasteiger partial charge in [-0.05, 0) is 42.2 Å². The Morgan fingerprint density at radius 1 is 1.12 bits per heavy atom. The molecule has 3 rings (SSSR count). The van der Waals surface area contributed by atoms with Crippen LogP contribution in [-0.2, 0) is 11.3 Å². The van der Waals surface area contributed by atoms with E-state index in [0.717, 1.165) is 42.5 Å². The Morgan fingerprint density at radius 2 is 1.77 bits per heavy atom. The van der Waals surface area contributed by atoms with Crippen LogP contribution >= 0.6 is 0 Å². The van der Waals surface area contributed by atoms with Gasteiger partial charge in [0.25, 0.3) is 0 Å². The quantitative estimate of drug-likeness (QED) is 0.839. The van der Waals surface area contributed by atoms with E-state index in [1.54, 1.807) is 12.1 Å².